The first-order valence-electron chi connectivity index (χ1n) is 14.5. The van der Waals surface area contributed by atoms with Crippen LogP contribution in [0.1, 0.15) is 22.9 Å². The standard InChI is InChI=1S/C39H27N3S/c1-4-12-26(13-5-1)28-20-22-30(23-21-28)38-40-37(29-16-8-3-9-17-29)41-39(42-38)33-24-31(27-14-6-2-7-15-27)25-35-36(33)32-18-10-11-19-34(32)43-35/h1-25,39H,(H,40,41,42). The van der Waals surface area contributed by atoms with Gasteiger partial charge in [0.25, 0.3) is 0 Å². The average molecular weight is 570 g/mol. The first-order chi connectivity index (χ1) is 21.3. The van der Waals surface area contributed by atoms with Crippen molar-refractivity contribution in [1.82, 2.24) is 5.32 Å². The maximum Gasteiger partial charge on any atom is 0.159 e. The quantitative estimate of drug-likeness (QED) is 0.220. The van der Waals surface area contributed by atoms with Gasteiger partial charge in [-0.2, -0.15) is 0 Å². The van der Waals surface area contributed by atoms with Crippen molar-refractivity contribution >= 4 is 43.2 Å². The van der Waals surface area contributed by atoms with Gasteiger partial charge in [-0.1, -0.05) is 133 Å². The summed E-state index contributed by atoms with van der Waals surface area (Å²) in [6.07, 6.45) is -0.319. The Morgan fingerprint density at radius 2 is 1.05 bits per heavy atom. The second kappa shape index (κ2) is 10.8. The molecule has 0 fully saturated rings. The zero-order chi connectivity index (χ0) is 28.6. The van der Waals surface area contributed by atoms with E-state index in [1.54, 1.807) is 0 Å². The van der Waals surface area contributed by atoms with Crippen LogP contribution < -0.4 is 5.32 Å². The number of hydrogen-bond donors (Lipinski definition) is 1. The molecule has 2 heterocycles. The Balaban J connectivity index is 1.29. The highest BCUT2D eigenvalue weighted by atomic mass is 32.1. The van der Waals surface area contributed by atoms with Gasteiger partial charge in [-0.05, 0) is 40.5 Å². The molecule has 8 rings (SSSR count). The Morgan fingerprint density at radius 3 is 1.74 bits per heavy atom. The van der Waals surface area contributed by atoms with Crippen molar-refractivity contribution in [1.29, 1.82) is 0 Å². The average Bonchev–Trinajstić information content (AvgIpc) is 3.47. The van der Waals surface area contributed by atoms with Crippen LogP contribution >= 0.6 is 11.3 Å². The van der Waals surface area contributed by atoms with Crippen molar-refractivity contribution in [3.05, 3.63) is 168 Å². The second-order valence-corrected chi connectivity index (χ2v) is 11.8. The Morgan fingerprint density at radius 1 is 0.488 bits per heavy atom. The minimum Gasteiger partial charge on any atom is -0.344 e. The number of rotatable bonds is 5. The summed E-state index contributed by atoms with van der Waals surface area (Å²) in [7, 11) is 0. The SMILES string of the molecule is c1ccc(C2=NC(c3cc(-c4ccccc4)cc4sc5ccccc5c34)NC(c3ccc(-c4ccccc4)cc3)=N2)cc1. The van der Waals surface area contributed by atoms with Crippen LogP contribution in [0.3, 0.4) is 0 Å². The number of nitrogens with one attached hydrogen (secondary N) is 1. The van der Waals surface area contributed by atoms with Crippen LogP contribution in [0.4, 0.5) is 0 Å². The van der Waals surface area contributed by atoms with Crippen molar-refractivity contribution in [2.24, 2.45) is 9.98 Å². The number of thiophene rings is 1. The van der Waals surface area contributed by atoms with Gasteiger partial charge < -0.3 is 5.32 Å². The lowest BCUT2D eigenvalue weighted by atomic mass is 9.96. The first kappa shape index (κ1) is 25.4. The predicted octanol–water partition coefficient (Wildman–Crippen LogP) is 9.88. The van der Waals surface area contributed by atoms with E-state index in [9.17, 15) is 0 Å². The summed E-state index contributed by atoms with van der Waals surface area (Å²) in [6, 6.07) is 53.3. The van der Waals surface area contributed by atoms with E-state index in [1.807, 2.05) is 35.6 Å². The summed E-state index contributed by atoms with van der Waals surface area (Å²) in [5.74, 6) is 1.54. The van der Waals surface area contributed by atoms with Crippen LogP contribution in [0.15, 0.2) is 162 Å². The molecule has 43 heavy (non-hydrogen) atoms. The molecular weight excluding hydrogens is 543 g/mol. The van der Waals surface area contributed by atoms with Crippen molar-refractivity contribution in [3.8, 4) is 22.3 Å². The van der Waals surface area contributed by atoms with E-state index in [0.717, 1.165) is 28.4 Å². The van der Waals surface area contributed by atoms with Crippen LogP contribution in [-0.4, -0.2) is 11.7 Å². The molecule has 0 amide bonds. The van der Waals surface area contributed by atoms with Crippen molar-refractivity contribution in [2.75, 3.05) is 0 Å². The fourth-order valence-corrected chi connectivity index (χ4v) is 7.00. The number of hydrogen-bond acceptors (Lipinski definition) is 4. The van der Waals surface area contributed by atoms with Crippen molar-refractivity contribution in [2.45, 2.75) is 6.17 Å². The first-order valence-corrected chi connectivity index (χ1v) is 15.3. The molecule has 4 heteroatoms. The van der Waals surface area contributed by atoms with Crippen molar-refractivity contribution < 1.29 is 0 Å². The third kappa shape index (κ3) is 4.82. The number of nitrogens with zero attached hydrogens (tertiary/aromatic N) is 2. The molecule has 0 bridgehead atoms. The van der Waals surface area contributed by atoms with Gasteiger partial charge in [0.2, 0.25) is 0 Å². The molecule has 1 aliphatic heterocycles. The van der Waals surface area contributed by atoms with Crippen LogP contribution in [-0.2, 0) is 0 Å². The van der Waals surface area contributed by atoms with E-state index in [0.29, 0.717) is 0 Å². The largest absolute Gasteiger partial charge is 0.344 e. The predicted molar refractivity (Wildman–Crippen MR) is 182 cm³/mol. The molecule has 1 N–H and O–H groups in total. The Bertz CT molecular complexity index is 2130. The molecule has 0 radical (unpaired) electrons. The molecule has 6 aromatic carbocycles. The lowest BCUT2D eigenvalue weighted by Gasteiger charge is -2.25. The van der Waals surface area contributed by atoms with Gasteiger partial charge in [-0.15, -0.1) is 11.3 Å². The summed E-state index contributed by atoms with van der Waals surface area (Å²) >= 11 is 1.84. The maximum absolute atomic E-state index is 5.26. The fraction of sp³-hybridized carbons (Fsp3) is 0.0256. The van der Waals surface area contributed by atoms with E-state index in [4.69, 9.17) is 9.98 Å². The van der Waals surface area contributed by atoms with E-state index < -0.39 is 0 Å². The smallest absolute Gasteiger partial charge is 0.159 e. The van der Waals surface area contributed by atoms with Crippen molar-refractivity contribution in [3.63, 3.8) is 0 Å². The fourth-order valence-electron chi connectivity index (χ4n) is 5.82. The highest BCUT2D eigenvalue weighted by Gasteiger charge is 2.25. The van der Waals surface area contributed by atoms with Gasteiger partial charge in [-0.25, -0.2) is 9.98 Å². The van der Waals surface area contributed by atoms with Gasteiger partial charge in [0, 0.05) is 36.9 Å². The van der Waals surface area contributed by atoms with E-state index in [2.05, 4.69) is 133 Å². The van der Waals surface area contributed by atoms with E-state index in [1.165, 1.54) is 42.4 Å². The molecule has 1 unspecified atom stereocenters. The molecule has 7 aromatic rings. The lowest BCUT2D eigenvalue weighted by molar-refractivity contribution is 0.680. The molecule has 0 saturated heterocycles. The number of benzene rings is 6. The van der Waals surface area contributed by atoms with Gasteiger partial charge in [0.05, 0.1) is 0 Å². The van der Waals surface area contributed by atoms with Crippen LogP contribution in [0.5, 0.6) is 0 Å². The summed E-state index contributed by atoms with van der Waals surface area (Å²) < 4.78 is 2.53. The zero-order valence-corrected chi connectivity index (χ0v) is 24.1. The van der Waals surface area contributed by atoms with E-state index in [-0.39, 0.29) is 6.17 Å². The van der Waals surface area contributed by atoms with Gasteiger partial charge in [-0.3, -0.25) is 0 Å². The summed E-state index contributed by atoms with van der Waals surface area (Å²) in [4.78, 5) is 10.3. The maximum atomic E-state index is 5.26. The van der Waals surface area contributed by atoms with Gasteiger partial charge >= 0.3 is 0 Å². The van der Waals surface area contributed by atoms with Crippen LogP contribution in [0, 0.1) is 0 Å². The summed E-state index contributed by atoms with van der Waals surface area (Å²) in [5.41, 5.74) is 7.92. The number of fused-ring (bicyclic) bond motifs is 3. The lowest BCUT2D eigenvalue weighted by Crippen LogP contribution is -2.33. The molecular formula is C39H27N3S. The second-order valence-electron chi connectivity index (χ2n) is 10.7. The third-order valence-corrected chi connectivity index (χ3v) is 9.07. The highest BCUT2D eigenvalue weighted by Crippen LogP contribution is 2.41. The van der Waals surface area contributed by atoms with E-state index >= 15 is 0 Å². The van der Waals surface area contributed by atoms with Crippen LogP contribution in [0.25, 0.3) is 42.4 Å². The molecule has 1 aromatic heterocycles. The molecule has 0 spiro atoms. The summed E-state index contributed by atoms with van der Waals surface area (Å²) in [5, 5.41) is 6.24. The molecule has 1 atom stereocenters. The number of aliphatic imine (C=N–C) groups is 2. The minimum absolute atomic E-state index is 0.319. The number of amidine groups is 2. The van der Waals surface area contributed by atoms with Gasteiger partial charge in [0.15, 0.2) is 5.84 Å². The summed E-state index contributed by atoms with van der Waals surface area (Å²) in [6.45, 7) is 0. The molecule has 0 aliphatic carbocycles. The van der Waals surface area contributed by atoms with Gasteiger partial charge in [0.1, 0.15) is 12.0 Å². The topological polar surface area (TPSA) is 36.8 Å². The third-order valence-electron chi connectivity index (χ3n) is 7.95. The Kier molecular flexibility index (Phi) is 6.39. The zero-order valence-electron chi connectivity index (χ0n) is 23.3. The molecule has 3 nitrogen and oxygen atoms in total. The molecule has 1 aliphatic rings. The monoisotopic (exact) mass is 569 g/mol. The highest BCUT2D eigenvalue weighted by molar-refractivity contribution is 7.25. The Labute approximate surface area is 254 Å². The molecule has 0 saturated carbocycles. The molecule has 204 valence electrons. The normalized spacial score (nSPS) is 14.7. The Hall–Kier alpha value is -5.32. The minimum atomic E-state index is -0.319. The van der Waals surface area contributed by atoms with Crippen LogP contribution in [0.2, 0.25) is 0 Å².